The average molecular weight is 183 g/mol. The van der Waals surface area contributed by atoms with Gasteiger partial charge < -0.3 is 10.6 Å². The molecule has 1 fully saturated rings. The minimum atomic E-state index is 0.408. The molecule has 1 saturated heterocycles. The zero-order chi connectivity index (χ0) is 9.52. The molecule has 0 aliphatic carbocycles. The molecule has 1 aliphatic rings. The Bertz CT molecular complexity index is 172. The predicted molar refractivity (Wildman–Crippen MR) is 52.2 cm³/mol. The maximum absolute atomic E-state index is 10.0. The fourth-order valence-electron chi connectivity index (χ4n) is 1.58. The van der Waals surface area contributed by atoms with Crippen LogP contribution < -0.4 is 10.6 Å². The van der Waals surface area contributed by atoms with Gasteiger partial charge in [0.15, 0.2) is 0 Å². The SMILES string of the molecule is C=CCC1NCCN1CCNC=O. The molecule has 4 heteroatoms. The summed E-state index contributed by atoms with van der Waals surface area (Å²) >= 11 is 0. The fourth-order valence-corrected chi connectivity index (χ4v) is 1.58. The van der Waals surface area contributed by atoms with Crippen molar-refractivity contribution in [3.8, 4) is 0 Å². The second-order valence-corrected chi connectivity index (χ2v) is 3.10. The minimum Gasteiger partial charge on any atom is -0.357 e. The minimum absolute atomic E-state index is 0.408. The molecule has 13 heavy (non-hydrogen) atoms. The van der Waals surface area contributed by atoms with Gasteiger partial charge >= 0.3 is 0 Å². The Morgan fingerprint density at radius 2 is 2.54 bits per heavy atom. The Labute approximate surface area is 79.0 Å². The summed E-state index contributed by atoms with van der Waals surface area (Å²) in [5.74, 6) is 0. The van der Waals surface area contributed by atoms with Crippen LogP contribution in [0.25, 0.3) is 0 Å². The fraction of sp³-hybridized carbons (Fsp3) is 0.667. The van der Waals surface area contributed by atoms with Gasteiger partial charge in [0.25, 0.3) is 0 Å². The van der Waals surface area contributed by atoms with Crippen LogP contribution in [-0.2, 0) is 4.79 Å². The highest BCUT2D eigenvalue weighted by atomic mass is 16.1. The van der Waals surface area contributed by atoms with Crippen molar-refractivity contribution in [1.82, 2.24) is 15.5 Å². The highest BCUT2D eigenvalue weighted by Crippen LogP contribution is 2.06. The number of nitrogens with zero attached hydrogens (tertiary/aromatic N) is 1. The molecule has 2 N–H and O–H groups in total. The second-order valence-electron chi connectivity index (χ2n) is 3.10. The van der Waals surface area contributed by atoms with Crippen molar-refractivity contribution in [2.75, 3.05) is 26.2 Å². The van der Waals surface area contributed by atoms with Gasteiger partial charge in [-0.15, -0.1) is 6.58 Å². The normalized spacial score (nSPS) is 22.9. The highest BCUT2D eigenvalue weighted by Gasteiger charge is 2.21. The zero-order valence-electron chi connectivity index (χ0n) is 7.83. The smallest absolute Gasteiger partial charge is 0.207 e. The Morgan fingerprint density at radius 1 is 1.69 bits per heavy atom. The van der Waals surface area contributed by atoms with Gasteiger partial charge in [0.2, 0.25) is 6.41 Å². The second kappa shape index (κ2) is 5.72. The van der Waals surface area contributed by atoms with Crippen LogP contribution in [0.2, 0.25) is 0 Å². The van der Waals surface area contributed by atoms with E-state index in [0.29, 0.717) is 6.17 Å². The van der Waals surface area contributed by atoms with Gasteiger partial charge in [0.05, 0.1) is 6.17 Å². The van der Waals surface area contributed by atoms with Crippen molar-refractivity contribution in [1.29, 1.82) is 0 Å². The number of carbonyl (C=O) groups is 1. The number of hydrogen-bond donors (Lipinski definition) is 2. The van der Waals surface area contributed by atoms with E-state index in [0.717, 1.165) is 39.0 Å². The maximum atomic E-state index is 10.0. The number of amides is 1. The molecule has 1 atom stereocenters. The van der Waals surface area contributed by atoms with Crippen molar-refractivity contribution in [3.05, 3.63) is 12.7 Å². The largest absolute Gasteiger partial charge is 0.357 e. The Balaban J connectivity index is 2.22. The molecule has 0 spiro atoms. The molecule has 1 rings (SSSR count). The summed E-state index contributed by atoms with van der Waals surface area (Å²) in [6.07, 6.45) is 4.03. The van der Waals surface area contributed by atoms with E-state index in [2.05, 4.69) is 22.1 Å². The number of nitrogens with one attached hydrogen (secondary N) is 2. The topological polar surface area (TPSA) is 44.4 Å². The monoisotopic (exact) mass is 183 g/mol. The lowest BCUT2D eigenvalue weighted by Crippen LogP contribution is -2.39. The Hall–Kier alpha value is -0.870. The number of rotatable bonds is 6. The zero-order valence-corrected chi connectivity index (χ0v) is 7.83. The molecule has 1 amide bonds. The van der Waals surface area contributed by atoms with Crippen molar-refractivity contribution in [2.45, 2.75) is 12.6 Å². The third kappa shape index (κ3) is 3.16. The summed E-state index contributed by atoms with van der Waals surface area (Å²) in [6, 6.07) is 0. The molecule has 1 unspecified atom stereocenters. The maximum Gasteiger partial charge on any atom is 0.207 e. The van der Waals surface area contributed by atoms with E-state index in [4.69, 9.17) is 0 Å². The lowest BCUT2D eigenvalue weighted by molar-refractivity contribution is -0.109. The first-order valence-corrected chi connectivity index (χ1v) is 4.64. The first-order chi connectivity index (χ1) is 6.38. The van der Waals surface area contributed by atoms with Crippen LogP contribution in [0, 0.1) is 0 Å². The van der Waals surface area contributed by atoms with Crippen molar-refractivity contribution >= 4 is 6.41 Å². The summed E-state index contributed by atoms with van der Waals surface area (Å²) in [4.78, 5) is 12.3. The van der Waals surface area contributed by atoms with Gasteiger partial charge in [-0.25, -0.2) is 0 Å². The van der Waals surface area contributed by atoms with Crippen LogP contribution >= 0.6 is 0 Å². The van der Waals surface area contributed by atoms with Crippen molar-refractivity contribution < 1.29 is 4.79 Å². The van der Waals surface area contributed by atoms with E-state index in [1.54, 1.807) is 0 Å². The van der Waals surface area contributed by atoms with E-state index in [1.807, 2.05) is 6.08 Å². The lowest BCUT2D eigenvalue weighted by atomic mass is 10.3. The summed E-state index contributed by atoms with van der Waals surface area (Å²) < 4.78 is 0. The molecule has 1 heterocycles. The van der Waals surface area contributed by atoms with Crippen LogP contribution in [0.4, 0.5) is 0 Å². The quantitative estimate of drug-likeness (QED) is 0.333. The van der Waals surface area contributed by atoms with E-state index in [-0.39, 0.29) is 0 Å². The van der Waals surface area contributed by atoms with Gasteiger partial charge in [0, 0.05) is 26.2 Å². The van der Waals surface area contributed by atoms with Crippen molar-refractivity contribution in [2.24, 2.45) is 0 Å². The third-order valence-electron chi connectivity index (χ3n) is 2.24. The molecule has 74 valence electrons. The standard InChI is InChI=1S/C9H17N3O/c1-2-3-9-11-5-7-12(9)6-4-10-8-13/h2,8-9,11H,1,3-7H2,(H,10,13). The van der Waals surface area contributed by atoms with Crippen LogP contribution in [0.3, 0.4) is 0 Å². The number of hydrogen-bond acceptors (Lipinski definition) is 3. The van der Waals surface area contributed by atoms with E-state index < -0.39 is 0 Å². The van der Waals surface area contributed by atoms with E-state index in [9.17, 15) is 4.79 Å². The highest BCUT2D eigenvalue weighted by molar-refractivity contribution is 5.45. The molecule has 1 aliphatic heterocycles. The van der Waals surface area contributed by atoms with Gasteiger partial charge in [-0.1, -0.05) is 6.08 Å². The molecule has 0 bridgehead atoms. The van der Waals surface area contributed by atoms with Crippen molar-refractivity contribution in [3.63, 3.8) is 0 Å². The molecule has 0 aromatic heterocycles. The molecule has 4 nitrogen and oxygen atoms in total. The summed E-state index contributed by atoms with van der Waals surface area (Å²) in [6.45, 7) is 7.43. The van der Waals surface area contributed by atoms with E-state index in [1.165, 1.54) is 0 Å². The summed E-state index contributed by atoms with van der Waals surface area (Å²) in [5, 5.41) is 6.04. The van der Waals surface area contributed by atoms with Gasteiger partial charge in [-0.3, -0.25) is 9.69 Å². The molecule has 0 aromatic rings. The van der Waals surface area contributed by atoms with Gasteiger partial charge in [0.1, 0.15) is 0 Å². The first-order valence-electron chi connectivity index (χ1n) is 4.64. The lowest BCUT2D eigenvalue weighted by Gasteiger charge is -2.22. The average Bonchev–Trinajstić information content (AvgIpc) is 2.54. The van der Waals surface area contributed by atoms with Crippen LogP contribution in [0.15, 0.2) is 12.7 Å². The number of carbonyl (C=O) groups excluding carboxylic acids is 1. The molecule has 0 aromatic carbocycles. The summed E-state index contributed by atoms with van der Waals surface area (Å²) in [7, 11) is 0. The molecule has 0 saturated carbocycles. The molecule has 0 radical (unpaired) electrons. The third-order valence-corrected chi connectivity index (χ3v) is 2.24. The van der Waals surface area contributed by atoms with Crippen LogP contribution in [0.1, 0.15) is 6.42 Å². The van der Waals surface area contributed by atoms with Gasteiger partial charge in [-0.05, 0) is 6.42 Å². The van der Waals surface area contributed by atoms with Crippen LogP contribution in [0.5, 0.6) is 0 Å². The Kier molecular flexibility index (Phi) is 4.49. The van der Waals surface area contributed by atoms with Gasteiger partial charge in [-0.2, -0.15) is 0 Å². The van der Waals surface area contributed by atoms with E-state index >= 15 is 0 Å². The molecular formula is C9H17N3O. The molecular weight excluding hydrogens is 166 g/mol. The predicted octanol–water partition coefficient (Wildman–Crippen LogP) is -0.460. The first kappa shape index (κ1) is 10.2. The Morgan fingerprint density at radius 3 is 3.23 bits per heavy atom. The van der Waals surface area contributed by atoms with Crippen LogP contribution in [-0.4, -0.2) is 43.7 Å². The summed E-state index contributed by atoms with van der Waals surface area (Å²) in [5.41, 5.74) is 0.